The minimum Gasteiger partial charge on any atom is -0.450 e. The van der Waals surface area contributed by atoms with Crippen molar-refractivity contribution in [1.82, 2.24) is 20.0 Å². The zero-order valence-corrected chi connectivity index (χ0v) is 13.2. The van der Waals surface area contributed by atoms with Gasteiger partial charge < -0.3 is 15.0 Å². The first-order valence-electron chi connectivity index (χ1n) is 7.70. The minimum absolute atomic E-state index is 0.0714. The van der Waals surface area contributed by atoms with E-state index >= 15 is 0 Å². The Kier molecular flexibility index (Phi) is 5.61. The molecule has 0 saturated carbocycles. The number of likely N-dealkylation sites (tertiary alicyclic amines) is 1. The highest BCUT2D eigenvalue weighted by atomic mass is 16.5. The van der Waals surface area contributed by atoms with Crippen LogP contribution in [0.25, 0.3) is 0 Å². The molecule has 0 aromatic carbocycles. The Morgan fingerprint density at radius 2 is 2.33 bits per heavy atom. The van der Waals surface area contributed by atoms with E-state index in [1.54, 1.807) is 0 Å². The van der Waals surface area contributed by atoms with Gasteiger partial charge in [-0.05, 0) is 32.0 Å². The van der Waals surface area contributed by atoms with Crippen LogP contribution in [0.1, 0.15) is 37.7 Å². The smallest absolute Gasteiger partial charge is 0.407 e. The van der Waals surface area contributed by atoms with Gasteiger partial charge in [0.05, 0.1) is 18.8 Å². The van der Waals surface area contributed by atoms with E-state index in [0.717, 1.165) is 32.4 Å². The van der Waals surface area contributed by atoms with Crippen LogP contribution in [0.5, 0.6) is 0 Å². The summed E-state index contributed by atoms with van der Waals surface area (Å²) in [6.07, 6.45) is 6.57. The third-order valence-corrected chi connectivity index (χ3v) is 4.00. The van der Waals surface area contributed by atoms with Crippen LogP contribution < -0.4 is 5.32 Å². The predicted molar refractivity (Wildman–Crippen MR) is 81.2 cm³/mol. The molecule has 1 fully saturated rings. The van der Waals surface area contributed by atoms with Crippen molar-refractivity contribution in [2.45, 2.75) is 38.1 Å². The Labute approximate surface area is 126 Å². The zero-order valence-electron chi connectivity index (χ0n) is 13.2. The quantitative estimate of drug-likeness (QED) is 0.840. The number of nitrogens with zero attached hydrogens (tertiary/aromatic N) is 3. The number of ether oxygens (including phenoxy) is 1. The molecule has 1 amide bonds. The average molecular weight is 294 g/mol. The lowest BCUT2D eigenvalue weighted by atomic mass is 9.87. The van der Waals surface area contributed by atoms with E-state index in [4.69, 9.17) is 4.74 Å². The second-order valence-electron chi connectivity index (χ2n) is 5.85. The largest absolute Gasteiger partial charge is 0.450 e. The number of aromatic nitrogens is 2. The minimum atomic E-state index is -0.308. The Balaban J connectivity index is 1.97. The molecule has 2 rings (SSSR count). The summed E-state index contributed by atoms with van der Waals surface area (Å²) in [6, 6.07) is 0.0714. The highest BCUT2D eigenvalue weighted by Gasteiger charge is 2.31. The summed E-state index contributed by atoms with van der Waals surface area (Å²) in [5.41, 5.74) is 1.18. The fourth-order valence-corrected chi connectivity index (χ4v) is 2.79. The molecule has 118 valence electrons. The number of nitrogens with one attached hydrogen (secondary N) is 1. The van der Waals surface area contributed by atoms with Gasteiger partial charge in [-0.15, -0.1) is 0 Å². The van der Waals surface area contributed by atoms with Gasteiger partial charge in [-0.25, -0.2) is 4.79 Å². The van der Waals surface area contributed by atoms with Crippen LogP contribution in [0.2, 0.25) is 0 Å². The number of carbonyl (C=O) groups is 1. The summed E-state index contributed by atoms with van der Waals surface area (Å²) in [7, 11) is 4.00. The molecule has 6 heteroatoms. The number of unbranched alkanes of at least 4 members (excludes halogenated alkanes) is 1. The average Bonchev–Trinajstić information content (AvgIpc) is 2.85. The molecule has 0 aliphatic carbocycles. The van der Waals surface area contributed by atoms with Crippen molar-refractivity contribution in [3.63, 3.8) is 0 Å². The molecule has 1 aromatic rings. The van der Waals surface area contributed by atoms with Crippen LogP contribution in [0.15, 0.2) is 12.4 Å². The summed E-state index contributed by atoms with van der Waals surface area (Å²) >= 11 is 0. The van der Waals surface area contributed by atoms with Crippen molar-refractivity contribution in [3.8, 4) is 0 Å². The first-order chi connectivity index (χ1) is 10.1. The summed E-state index contributed by atoms with van der Waals surface area (Å²) in [4.78, 5) is 14.1. The van der Waals surface area contributed by atoms with E-state index in [9.17, 15) is 4.79 Å². The van der Waals surface area contributed by atoms with Crippen LogP contribution in [-0.2, 0) is 11.8 Å². The van der Waals surface area contributed by atoms with Gasteiger partial charge in [-0.2, -0.15) is 5.10 Å². The van der Waals surface area contributed by atoms with Crippen molar-refractivity contribution in [2.24, 2.45) is 7.05 Å². The fourth-order valence-electron chi connectivity index (χ4n) is 2.79. The zero-order chi connectivity index (χ0) is 15.2. The van der Waals surface area contributed by atoms with Crippen molar-refractivity contribution < 1.29 is 9.53 Å². The Hall–Kier alpha value is -1.56. The van der Waals surface area contributed by atoms with Gasteiger partial charge in [0.1, 0.15) is 0 Å². The molecule has 1 aliphatic heterocycles. The Morgan fingerprint density at radius 1 is 1.52 bits per heavy atom. The van der Waals surface area contributed by atoms with Crippen LogP contribution in [-0.4, -0.2) is 53.6 Å². The van der Waals surface area contributed by atoms with Crippen molar-refractivity contribution >= 4 is 6.09 Å². The van der Waals surface area contributed by atoms with Gasteiger partial charge in [0, 0.05) is 25.7 Å². The lowest BCUT2D eigenvalue weighted by molar-refractivity contribution is 0.128. The van der Waals surface area contributed by atoms with E-state index < -0.39 is 0 Å². The van der Waals surface area contributed by atoms with E-state index in [0.29, 0.717) is 12.5 Å². The van der Waals surface area contributed by atoms with Crippen LogP contribution >= 0.6 is 0 Å². The number of hydrogen-bond acceptors (Lipinski definition) is 4. The molecule has 2 atom stereocenters. The monoisotopic (exact) mass is 294 g/mol. The number of carbonyl (C=O) groups excluding carboxylic acids is 1. The molecule has 0 unspecified atom stereocenters. The topological polar surface area (TPSA) is 59.4 Å². The molecule has 6 nitrogen and oxygen atoms in total. The second kappa shape index (κ2) is 7.45. The summed E-state index contributed by atoms with van der Waals surface area (Å²) in [5.74, 6) is 0.300. The Morgan fingerprint density at radius 3 is 3.00 bits per heavy atom. The number of aryl methyl sites for hydroxylation is 1. The van der Waals surface area contributed by atoms with Crippen LogP contribution in [0, 0.1) is 0 Å². The van der Waals surface area contributed by atoms with Crippen LogP contribution in [0.4, 0.5) is 4.79 Å². The molecule has 1 N–H and O–H groups in total. The molecule has 1 aromatic heterocycles. The summed E-state index contributed by atoms with van der Waals surface area (Å²) in [5, 5.41) is 7.27. The number of rotatable bonds is 5. The fraction of sp³-hybridized carbons (Fsp3) is 0.733. The molecule has 0 bridgehead atoms. The standard InChI is InChI=1S/C15H26N4O2/c1-4-5-8-21-15(20)17-14-11-18(2)7-6-13(14)12-9-16-19(3)10-12/h9-10,13-14H,4-8,11H2,1-3H3,(H,17,20)/t13-,14+/m1/s1. The molecular formula is C15H26N4O2. The third-order valence-electron chi connectivity index (χ3n) is 4.00. The van der Waals surface area contributed by atoms with Gasteiger partial charge in [-0.1, -0.05) is 13.3 Å². The highest BCUT2D eigenvalue weighted by Crippen LogP contribution is 2.27. The molecule has 1 saturated heterocycles. The number of alkyl carbamates (subject to hydrolysis) is 1. The lowest BCUT2D eigenvalue weighted by Crippen LogP contribution is -2.50. The van der Waals surface area contributed by atoms with Crippen molar-refractivity contribution in [3.05, 3.63) is 18.0 Å². The summed E-state index contributed by atoms with van der Waals surface area (Å²) in [6.45, 7) is 4.43. The second-order valence-corrected chi connectivity index (χ2v) is 5.85. The normalized spacial score (nSPS) is 23.0. The van der Waals surface area contributed by atoms with Gasteiger partial charge >= 0.3 is 6.09 Å². The predicted octanol–water partition coefficient (Wildman–Crippen LogP) is 1.73. The molecular weight excluding hydrogens is 268 g/mol. The maximum absolute atomic E-state index is 11.9. The van der Waals surface area contributed by atoms with Crippen molar-refractivity contribution in [1.29, 1.82) is 0 Å². The first-order valence-corrected chi connectivity index (χ1v) is 7.70. The van der Waals surface area contributed by atoms with Gasteiger partial charge in [0.15, 0.2) is 0 Å². The first kappa shape index (κ1) is 15.8. The van der Waals surface area contributed by atoms with Crippen LogP contribution in [0.3, 0.4) is 0 Å². The van der Waals surface area contributed by atoms with Gasteiger partial charge in [0.2, 0.25) is 0 Å². The van der Waals surface area contributed by atoms with E-state index in [-0.39, 0.29) is 12.1 Å². The number of hydrogen-bond donors (Lipinski definition) is 1. The number of piperidine rings is 1. The van der Waals surface area contributed by atoms with Crippen molar-refractivity contribution in [2.75, 3.05) is 26.7 Å². The molecule has 1 aliphatic rings. The van der Waals surface area contributed by atoms with E-state index in [1.165, 1.54) is 5.56 Å². The number of likely N-dealkylation sites (N-methyl/N-ethyl adjacent to an activating group) is 1. The highest BCUT2D eigenvalue weighted by molar-refractivity contribution is 5.67. The summed E-state index contributed by atoms with van der Waals surface area (Å²) < 4.78 is 7.03. The molecule has 21 heavy (non-hydrogen) atoms. The van der Waals surface area contributed by atoms with E-state index in [2.05, 4.69) is 29.3 Å². The Bertz CT molecular complexity index is 460. The maximum Gasteiger partial charge on any atom is 0.407 e. The molecule has 0 radical (unpaired) electrons. The van der Waals surface area contributed by atoms with E-state index in [1.807, 2.05) is 24.1 Å². The molecule has 0 spiro atoms. The maximum atomic E-state index is 11.9. The SMILES string of the molecule is CCCCOC(=O)N[C@H]1CN(C)CC[C@@H]1c1cnn(C)c1. The lowest BCUT2D eigenvalue weighted by Gasteiger charge is -2.36. The van der Waals surface area contributed by atoms with Gasteiger partial charge in [0.25, 0.3) is 0 Å². The molecule has 2 heterocycles. The van der Waals surface area contributed by atoms with Gasteiger partial charge in [-0.3, -0.25) is 4.68 Å². The third kappa shape index (κ3) is 4.46. The number of amides is 1.